The number of aromatic nitrogens is 2. The second-order valence-corrected chi connectivity index (χ2v) is 4.92. The number of carbonyl (C=O) groups excluding carboxylic acids is 1. The first kappa shape index (κ1) is 15.6. The fourth-order valence-electron chi connectivity index (χ4n) is 1.88. The lowest BCUT2D eigenvalue weighted by Crippen LogP contribution is -2.25. The van der Waals surface area contributed by atoms with E-state index in [0.29, 0.717) is 5.69 Å². The Bertz CT molecular complexity index is 362. The largest absolute Gasteiger partial charge is 0.351 e. The molecule has 0 atom stereocenters. The van der Waals surface area contributed by atoms with Gasteiger partial charge in [-0.25, -0.2) is 4.98 Å². The summed E-state index contributed by atoms with van der Waals surface area (Å²) in [6.07, 6.45) is 11.9. The van der Waals surface area contributed by atoms with Crippen LogP contribution in [0, 0.1) is 6.92 Å². The fraction of sp³-hybridized carbons (Fsp3) is 0.667. The molecule has 4 nitrogen and oxygen atoms in total. The number of amides is 1. The molecule has 19 heavy (non-hydrogen) atoms. The van der Waals surface area contributed by atoms with Crippen molar-refractivity contribution in [3.8, 4) is 0 Å². The number of unbranched alkanes of at least 4 members (excludes halogenated alkanes) is 6. The molecule has 1 N–H and O–H groups in total. The molecule has 1 aromatic heterocycles. The quantitative estimate of drug-likeness (QED) is 0.696. The summed E-state index contributed by atoms with van der Waals surface area (Å²) in [5.41, 5.74) is 1.22. The Morgan fingerprint density at radius 2 is 1.74 bits per heavy atom. The predicted molar refractivity (Wildman–Crippen MR) is 77.1 cm³/mol. The minimum absolute atomic E-state index is 0.126. The first-order valence-corrected chi connectivity index (χ1v) is 7.31. The van der Waals surface area contributed by atoms with Crippen LogP contribution in [0.3, 0.4) is 0 Å². The zero-order chi connectivity index (χ0) is 13.9. The standard InChI is InChI=1S/C15H25N3O/c1-3-4-5-6-7-8-9-10-16-15(19)14-12-17-13(2)11-18-14/h11-12H,3-10H2,1-2H3,(H,16,19). The molecule has 1 aromatic rings. The highest BCUT2D eigenvalue weighted by Crippen LogP contribution is 2.06. The van der Waals surface area contributed by atoms with Gasteiger partial charge in [0.05, 0.1) is 11.9 Å². The molecule has 4 heteroatoms. The van der Waals surface area contributed by atoms with Crippen LogP contribution in [-0.2, 0) is 0 Å². The SMILES string of the molecule is CCCCCCCCCNC(=O)c1cnc(C)cn1. The molecule has 0 aliphatic heterocycles. The Morgan fingerprint density at radius 1 is 1.05 bits per heavy atom. The van der Waals surface area contributed by atoms with Crippen molar-refractivity contribution in [2.75, 3.05) is 6.54 Å². The summed E-state index contributed by atoms with van der Waals surface area (Å²) in [5.74, 6) is -0.126. The highest BCUT2D eigenvalue weighted by atomic mass is 16.1. The second kappa shape index (κ2) is 9.48. The molecule has 106 valence electrons. The third kappa shape index (κ3) is 6.89. The van der Waals surface area contributed by atoms with E-state index in [0.717, 1.165) is 18.7 Å². The Labute approximate surface area is 116 Å². The Morgan fingerprint density at radius 3 is 2.37 bits per heavy atom. The molecule has 0 aromatic carbocycles. The third-order valence-electron chi connectivity index (χ3n) is 3.08. The number of nitrogens with zero attached hydrogens (tertiary/aromatic N) is 2. The average molecular weight is 263 g/mol. The predicted octanol–water partition coefficient (Wildman–Crippen LogP) is 3.27. The van der Waals surface area contributed by atoms with Crippen LogP contribution >= 0.6 is 0 Å². The van der Waals surface area contributed by atoms with E-state index in [9.17, 15) is 4.79 Å². The van der Waals surface area contributed by atoms with Crippen molar-refractivity contribution in [3.05, 3.63) is 23.8 Å². The van der Waals surface area contributed by atoms with Crippen molar-refractivity contribution in [1.29, 1.82) is 0 Å². The van der Waals surface area contributed by atoms with Gasteiger partial charge in [0.25, 0.3) is 5.91 Å². The van der Waals surface area contributed by atoms with Gasteiger partial charge in [0.2, 0.25) is 0 Å². The molecule has 0 saturated heterocycles. The first-order chi connectivity index (χ1) is 9.24. The molecule has 1 heterocycles. The van der Waals surface area contributed by atoms with Gasteiger partial charge in [-0.3, -0.25) is 9.78 Å². The van der Waals surface area contributed by atoms with E-state index < -0.39 is 0 Å². The van der Waals surface area contributed by atoms with E-state index in [4.69, 9.17) is 0 Å². The molecule has 1 rings (SSSR count). The summed E-state index contributed by atoms with van der Waals surface area (Å²) in [6.45, 7) is 4.80. The minimum atomic E-state index is -0.126. The highest BCUT2D eigenvalue weighted by Gasteiger charge is 2.05. The van der Waals surface area contributed by atoms with Crippen LogP contribution in [0.2, 0.25) is 0 Å². The lowest BCUT2D eigenvalue weighted by molar-refractivity contribution is 0.0947. The number of carbonyl (C=O) groups is 1. The summed E-state index contributed by atoms with van der Waals surface area (Å²) in [5, 5.41) is 2.88. The zero-order valence-electron chi connectivity index (χ0n) is 12.1. The summed E-state index contributed by atoms with van der Waals surface area (Å²) in [6, 6.07) is 0. The van der Waals surface area contributed by atoms with Crippen LogP contribution in [0.4, 0.5) is 0 Å². The van der Waals surface area contributed by atoms with Gasteiger partial charge in [-0.15, -0.1) is 0 Å². The van der Waals surface area contributed by atoms with Crippen LogP contribution < -0.4 is 5.32 Å². The topological polar surface area (TPSA) is 54.9 Å². The van der Waals surface area contributed by atoms with Crippen molar-refractivity contribution in [1.82, 2.24) is 15.3 Å². The molecular formula is C15H25N3O. The second-order valence-electron chi connectivity index (χ2n) is 4.92. The Kier molecular flexibility index (Phi) is 7.78. The molecule has 0 bridgehead atoms. The maximum atomic E-state index is 11.7. The van der Waals surface area contributed by atoms with Gasteiger partial charge >= 0.3 is 0 Å². The number of aryl methyl sites for hydroxylation is 1. The van der Waals surface area contributed by atoms with Gasteiger partial charge in [-0.05, 0) is 13.3 Å². The lowest BCUT2D eigenvalue weighted by Gasteiger charge is -2.04. The molecule has 0 spiro atoms. The number of rotatable bonds is 9. The molecule has 0 aliphatic rings. The van der Waals surface area contributed by atoms with E-state index >= 15 is 0 Å². The van der Waals surface area contributed by atoms with Crippen molar-refractivity contribution >= 4 is 5.91 Å². The summed E-state index contributed by atoms with van der Waals surface area (Å²) in [4.78, 5) is 19.8. The molecule has 0 fully saturated rings. The monoisotopic (exact) mass is 263 g/mol. The smallest absolute Gasteiger partial charge is 0.271 e. The summed E-state index contributed by atoms with van der Waals surface area (Å²) < 4.78 is 0. The molecular weight excluding hydrogens is 238 g/mol. The van der Waals surface area contributed by atoms with Crippen molar-refractivity contribution in [2.24, 2.45) is 0 Å². The molecule has 0 aliphatic carbocycles. The van der Waals surface area contributed by atoms with Crippen molar-refractivity contribution in [2.45, 2.75) is 58.8 Å². The van der Waals surface area contributed by atoms with Gasteiger partial charge in [0.15, 0.2) is 0 Å². The van der Waals surface area contributed by atoms with Crippen molar-refractivity contribution in [3.63, 3.8) is 0 Å². The van der Waals surface area contributed by atoms with Gasteiger partial charge < -0.3 is 5.32 Å². The maximum absolute atomic E-state index is 11.7. The van der Waals surface area contributed by atoms with Crippen molar-refractivity contribution < 1.29 is 4.79 Å². The van der Waals surface area contributed by atoms with E-state index in [2.05, 4.69) is 22.2 Å². The lowest BCUT2D eigenvalue weighted by atomic mass is 10.1. The number of hydrogen-bond donors (Lipinski definition) is 1. The van der Waals surface area contributed by atoms with Gasteiger partial charge in [0, 0.05) is 12.7 Å². The molecule has 0 unspecified atom stereocenters. The molecule has 0 saturated carbocycles. The normalized spacial score (nSPS) is 10.4. The van der Waals surface area contributed by atoms with E-state index in [1.807, 2.05) is 6.92 Å². The van der Waals surface area contributed by atoms with E-state index in [1.165, 1.54) is 44.7 Å². The van der Waals surface area contributed by atoms with Gasteiger partial charge in [-0.1, -0.05) is 45.4 Å². The third-order valence-corrected chi connectivity index (χ3v) is 3.08. The molecule has 0 radical (unpaired) electrons. The Hall–Kier alpha value is -1.45. The van der Waals surface area contributed by atoms with E-state index in [1.54, 1.807) is 6.20 Å². The van der Waals surface area contributed by atoms with Crippen LogP contribution in [0.5, 0.6) is 0 Å². The van der Waals surface area contributed by atoms with Gasteiger partial charge in [-0.2, -0.15) is 0 Å². The first-order valence-electron chi connectivity index (χ1n) is 7.31. The van der Waals surface area contributed by atoms with Crippen LogP contribution in [0.1, 0.15) is 68.1 Å². The van der Waals surface area contributed by atoms with E-state index in [-0.39, 0.29) is 5.91 Å². The van der Waals surface area contributed by atoms with Crippen LogP contribution in [0.25, 0.3) is 0 Å². The maximum Gasteiger partial charge on any atom is 0.271 e. The highest BCUT2D eigenvalue weighted by molar-refractivity contribution is 5.91. The van der Waals surface area contributed by atoms with Crippen LogP contribution in [0.15, 0.2) is 12.4 Å². The Balaban J connectivity index is 2.06. The summed E-state index contributed by atoms with van der Waals surface area (Å²) >= 11 is 0. The zero-order valence-corrected chi connectivity index (χ0v) is 12.1. The molecule has 1 amide bonds. The van der Waals surface area contributed by atoms with Gasteiger partial charge in [0.1, 0.15) is 5.69 Å². The fourth-order valence-corrected chi connectivity index (χ4v) is 1.88. The minimum Gasteiger partial charge on any atom is -0.351 e. The van der Waals surface area contributed by atoms with Crippen LogP contribution in [-0.4, -0.2) is 22.4 Å². The number of nitrogens with one attached hydrogen (secondary N) is 1. The average Bonchev–Trinajstić information content (AvgIpc) is 2.42. The summed E-state index contributed by atoms with van der Waals surface area (Å²) in [7, 11) is 0. The number of hydrogen-bond acceptors (Lipinski definition) is 3.